The van der Waals surface area contributed by atoms with E-state index in [4.69, 9.17) is 0 Å². The Morgan fingerprint density at radius 3 is 2.47 bits per heavy atom. The third-order valence-corrected chi connectivity index (χ3v) is 3.07. The van der Waals surface area contributed by atoms with Gasteiger partial charge >= 0.3 is 0 Å². The minimum Gasteiger partial charge on any atom is -0.396 e. The summed E-state index contributed by atoms with van der Waals surface area (Å²) < 4.78 is 0. The Morgan fingerprint density at radius 1 is 1.24 bits per heavy atom. The Balaban J connectivity index is 2.24. The smallest absolute Gasteiger partial charge is 0.0494 e. The van der Waals surface area contributed by atoms with Crippen molar-refractivity contribution in [2.75, 3.05) is 13.2 Å². The van der Waals surface area contributed by atoms with Crippen LogP contribution < -0.4 is 5.32 Å². The van der Waals surface area contributed by atoms with E-state index in [1.807, 2.05) is 0 Å². The van der Waals surface area contributed by atoms with Crippen molar-refractivity contribution in [3.8, 4) is 0 Å². The molecule has 1 atom stereocenters. The SMILES string of the molecule is CC(CCc1ccccc1)NCC(C)(C)CO. The second kappa shape index (κ2) is 6.77. The molecule has 1 rings (SSSR count). The van der Waals surface area contributed by atoms with Crippen molar-refractivity contribution in [3.63, 3.8) is 0 Å². The maximum absolute atomic E-state index is 9.17. The fourth-order valence-electron chi connectivity index (χ4n) is 1.64. The summed E-state index contributed by atoms with van der Waals surface area (Å²) in [6.45, 7) is 7.44. The van der Waals surface area contributed by atoms with Crippen LogP contribution in [0.1, 0.15) is 32.8 Å². The lowest BCUT2D eigenvalue weighted by Gasteiger charge is -2.24. The van der Waals surface area contributed by atoms with Crippen LogP contribution in [0.5, 0.6) is 0 Å². The van der Waals surface area contributed by atoms with E-state index < -0.39 is 0 Å². The van der Waals surface area contributed by atoms with Gasteiger partial charge in [-0.3, -0.25) is 0 Å². The van der Waals surface area contributed by atoms with Crippen molar-refractivity contribution < 1.29 is 5.11 Å². The first-order valence-corrected chi connectivity index (χ1v) is 6.42. The summed E-state index contributed by atoms with van der Waals surface area (Å²) in [6.07, 6.45) is 2.24. The number of aliphatic hydroxyl groups excluding tert-OH is 1. The molecule has 0 aliphatic rings. The van der Waals surface area contributed by atoms with E-state index in [0.29, 0.717) is 6.04 Å². The predicted molar refractivity (Wildman–Crippen MR) is 73.1 cm³/mol. The quantitative estimate of drug-likeness (QED) is 0.761. The molecule has 2 N–H and O–H groups in total. The number of benzene rings is 1. The van der Waals surface area contributed by atoms with Crippen LogP contribution in [-0.2, 0) is 6.42 Å². The molecule has 0 heterocycles. The molecular formula is C15H25NO. The third-order valence-electron chi connectivity index (χ3n) is 3.07. The molecule has 96 valence electrons. The van der Waals surface area contributed by atoms with Gasteiger partial charge in [0.2, 0.25) is 0 Å². The fraction of sp³-hybridized carbons (Fsp3) is 0.600. The molecule has 1 aromatic carbocycles. The van der Waals surface area contributed by atoms with Gasteiger partial charge in [0.05, 0.1) is 0 Å². The summed E-state index contributed by atoms with van der Waals surface area (Å²) in [5.41, 5.74) is 1.36. The van der Waals surface area contributed by atoms with Crippen LogP contribution in [0.25, 0.3) is 0 Å². The first-order valence-electron chi connectivity index (χ1n) is 6.42. The number of hydrogen-bond donors (Lipinski definition) is 2. The van der Waals surface area contributed by atoms with Crippen molar-refractivity contribution in [1.29, 1.82) is 0 Å². The number of aryl methyl sites for hydroxylation is 1. The van der Waals surface area contributed by atoms with Gasteiger partial charge in [-0.2, -0.15) is 0 Å². The van der Waals surface area contributed by atoms with Crippen molar-refractivity contribution >= 4 is 0 Å². The summed E-state index contributed by atoms with van der Waals surface area (Å²) in [7, 11) is 0. The van der Waals surface area contributed by atoms with E-state index in [1.54, 1.807) is 0 Å². The Morgan fingerprint density at radius 2 is 1.88 bits per heavy atom. The zero-order chi connectivity index (χ0) is 12.7. The minimum absolute atomic E-state index is 0.0268. The second-order valence-electron chi connectivity index (χ2n) is 5.63. The lowest BCUT2D eigenvalue weighted by Crippen LogP contribution is -2.37. The summed E-state index contributed by atoms with van der Waals surface area (Å²) in [5.74, 6) is 0. The zero-order valence-electron chi connectivity index (χ0n) is 11.2. The van der Waals surface area contributed by atoms with Crippen molar-refractivity contribution in [2.24, 2.45) is 5.41 Å². The van der Waals surface area contributed by atoms with E-state index in [1.165, 1.54) is 5.56 Å². The van der Waals surface area contributed by atoms with Crippen LogP contribution in [0, 0.1) is 5.41 Å². The van der Waals surface area contributed by atoms with Gasteiger partial charge in [-0.15, -0.1) is 0 Å². The van der Waals surface area contributed by atoms with Crippen LogP contribution in [0.4, 0.5) is 0 Å². The molecule has 0 saturated carbocycles. The molecule has 0 aromatic heterocycles. The molecule has 0 aliphatic carbocycles. The van der Waals surface area contributed by atoms with Crippen molar-refractivity contribution in [1.82, 2.24) is 5.32 Å². The lowest BCUT2D eigenvalue weighted by atomic mass is 9.94. The number of hydrogen-bond acceptors (Lipinski definition) is 2. The Hall–Kier alpha value is -0.860. The highest BCUT2D eigenvalue weighted by Gasteiger charge is 2.16. The molecule has 17 heavy (non-hydrogen) atoms. The molecular weight excluding hydrogens is 210 g/mol. The summed E-state index contributed by atoms with van der Waals surface area (Å²) in [5, 5.41) is 12.7. The van der Waals surface area contributed by atoms with E-state index in [9.17, 15) is 5.11 Å². The average molecular weight is 235 g/mol. The van der Waals surface area contributed by atoms with Gasteiger partial charge in [-0.1, -0.05) is 44.2 Å². The van der Waals surface area contributed by atoms with Crippen molar-refractivity contribution in [3.05, 3.63) is 35.9 Å². The number of aliphatic hydroxyl groups is 1. The normalized spacial score (nSPS) is 13.6. The highest BCUT2D eigenvalue weighted by Crippen LogP contribution is 2.12. The fourth-order valence-corrected chi connectivity index (χ4v) is 1.64. The second-order valence-corrected chi connectivity index (χ2v) is 5.63. The van der Waals surface area contributed by atoms with Gasteiger partial charge in [-0.25, -0.2) is 0 Å². The zero-order valence-corrected chi connectivity index (χ0v) is 11.2. The first kappa shape index (κ1) is 14.2. The van der Waals surface area contributed by atoms with E-state index in [-0.39, 0.29) is 12.0 Å². The summed E-state index contributed by atoms with van der Waals surface area (Å²) in [6, 6.07) is 11.1. The van der Waals surface area contributed by atoms with Gasteiger partial charge < -0.3 is 10.4 Å². The van der Waals surface area contributed by atoms with E-state index in [2.05, 4.69) is 56.4 Å². The molecule has 0 spiro atoms. The topological polar surface area (TPSA) is 32.3 Å². The van der Waals surface area contributed by atoms with Crippen LogP contribution in [0.3, 0.4) is 0 Å². The summed E-state index contributed by atoms with van der Waals surface area (Å²) in [4.78, 5) is 0. The lowest BCUT2D eigenvalue weighted by molar-refractivity contribution is 0.153. The molecule has 2 nitrogen and oxygen atoms in total. The Labute approximate surface area is 105 Å². The van der Waals surface area contributed by atoms with E-state index >= 15 is 0 Å². The standard InChI is InChI=1S/C15H25NO/c1-13(16-11-15(2,3)12-17)9-10-14-7-5-4-6-8-14/h4-8,13,16-17H,9-12H2,1-3H3. The first-order chi connectivity index (χ1) is 8.03. The third kappa shape index (κ3) is 5.85. The Kier molecular flexibility index (Phi) is 5.66. The minimum atomic E-state index is -0.0268. The van der Waals surface area contributed by atoms with E-state index in [0.717, 1.165) is 19.4 Å². The summed E-state index contributed by atoms with van der Waals surface area (Å²) >= 11 is 0. The monoisotopic (exact) mass is 235 g/mol. The number of nitrogens with one attached hydrogen (secondary N) is 1. The van der Waals surface area contributed by atoms with Gasteiger partial charge in [0.1, 0.15) is 0 Å². The molecule has 0 radical (unpaired) electrons. The molecule has 0 bridgehead atoms. The molecule has 1 aromatic rings. The molecule has 0 saturated heterocycles. The largest absolute Gasteiger partial charge is 0.396 e. The van der Waals surface area contributed by atoms with Gasteiger partial charge in [0, 0.05) is 24.6 Å². The van der Waals surface area contributed by atoms with Crippen LogP contribution >= 0.6 is 0 Å². The van der Waals surface area contributed by atoms with Crippen molar-refractivity contribution in [2.45, 2.75) is 39.7 Å². The van der Waals surface area contributed by atoms with Gasteiger partial charge in [0.15, 0.2) is 0 Å². The predicted octanol–water partition coefficient (Wildman–Crippen LogP) is 2.62. The van der Waals surface area contributed by atoms with Crippen LogP contribution in [0.2, 0.25) is 0 Å². The maximum Gasteiger partial charge on any atom is 0.0494 e. The average Bonchev–Trinajstić information content (AvgIpc) is 2.35. The van der Waals surface area contributed by atoms with Gasteiger partial charge in [-0.05, 0) is 25.3 Å². The number of rotatable bonds is 7. The maximum atomic E-state index is 9.17. The molecule has 1 unspecified atom stereocenters. The highest BCUT2D eigenvalue weighted by molar-refractivity contribution is 5.14. The highest BCUT2D eigenvalue weighted by atomic mass is 16.3. The molecule has 0 fully saturated rings. The molecule has 2 heteroatoms. The molecule has 0 amide bonds. The van der Waals surface area contributed by atoms with Crippen LogP contribution in [-0.4, -0.2) is 24.3 Å². The Bertz CT molecular complexity index is 308. The molecule has 0 aliphatic heterocycles. The van der Waals surface area contributed by atoms with Gasteiger partial charge in [0.25, 0.3) is 0 Å². The van der Waals surface area contributed by atoms with Crippen LogP contribution in [0.15, 0.2) is 30.3 Å².